The summed E-state index contributed by atoms with van der Waals surface area (Å²) in [6.45, 7) is 0. The monoisotopic (exact) mass is 1050 g/mol. The number of aromatic nitrogens is 1. The zero-order valence-electron chi connectivity index (χ0n) is 45.0. The average Bonchev–Trinajstić information content (AvgIpc) is 1.61. The van der Waals surface area contributed by atoms with E-state index in [1.165, 1.54) is 111 Å². The smallest absolute Gasteiger partial charge is 0.135 e. The van der Waals surface area contributed by atoms with Crippen LogP contribution in [-0.2, 0) is 10.8 Å². The van der Waals surface area contributed by atoms with Crippen molar-refractivity contribution in [3.05, 3.63) is 336 Å². The molecule has 83 heavy (non-hydrogen) atoms. The molecule has 15 aromatic rings. The molecule has 384 valence electrons. The summed E-state index contributed by atoms with van der Waals surface area (Å²) in [7, 11) is 0. The first-order valence-electron chi connectivity index (χ1n) is 28.9. The molecule has 0 saturated heterocycles. The van der Waals surface area contributed by atoms with Crippen molar-refractivity contribution in [3.8, 4) is 61.3 Å². The summed E-state index contributed by atoms with van der Waals surface area (Å²) in [6.07, 6.45) is 0. The zero-order valence-corrected chi connectivity index (χ0v) is 45.0. The Labute approximate surface area is 479 Å². The van der Waals surface area contributed by atoms with Gasteiger partial charge >= 0.3 is 0 Å². The highest BCUT2D eigenvalue weighted by molar-refractivity contribution is 6.13. The van der Waals surface area contributed by atoms with E-state index in [2.05, 4.69) is 289 Å². The third-order valence-corrected chi connectivity index (χ3v) is 19.2. The average molecular weight is 1050 g/mol. The molecule has 13 aromatic carbocycles. The van der Waals surface area contributed by atoms with Crippen molar-refractivity contribution in [2.45, 2.75) is 10.8 Å². The van der Waals surface area contributed by atoms with Gasteiger partial charge in [0, 0.05) is 38.6 Å². The summed E-state index contributed by atoms with van der Waals surface area (Å²) >= 11 is 0. The number of rotatable bonds is 5. The van der Waals surface area contributed by atoms with Crippen molar-refractivity contribution in [2.24, 2.45) is 0 Å². The molecule has 1 atom stereocenters. The SMILES string of the molecule is c1cc(-c2ccc3c(c2)C2(c4ccccc4-3)c3ccccc3-n3c4ccccc4c4cccc2c43)cc(N(c2ccc(-c3ccc4oc5ccccc5c4c3)cc2)c2ccc3c(c2)C2(c4ccccc4-c4ccccc42)c2ccccc2-3)c1. The molecule has 4 aliphatic rings. The van der Waals surface area contributed by atoms with Crippen LogP contribution < -0.4 is 4.90 Å². The van der Waals surface area contributed by atoms with Gasteiger partial charge in [0.1, 0.15) is 11.2 Å². The minimum atomic E-state index is -0.557. The summed E-state index contributed by atoms with van der Waals surface area (Å²) in [5.74, 6) is 0. The molecule has 0 N–H and O–H groups in total. The van der Waals surface area contributed by atoms with E-state index in [0.29, 0.717) is 0 Å². The minimum absolute atomic E-state index is 0.489. The number of para-hydroxylation sites is 4. The second-order valence-corrected chi connectivity index (χ2v) is 23.0. The highest BCUT2D eigenvalue weighted by Gasteiger charge is 2.53. The lowest BCUT2D eigenvalue weighted by Crippen LogP contribution is -2.33. The number of benzene rings is 13. The Morgan fingerprint density at radius 1 is 0.265 bits per heavy atom. The van der Waals surface area contributed by atoms with Gasteiger partial charge in [0.05, 0.1) is 27.6 Å². The molecule has 3 heterocycles. The Bertz CT molecular complexity index is 5240. The molecule has 0 fully saturated rings. The maximum atomic E-state index is 6.27. The van der Waals surface area contributed by atoms with Crippen LogP contribution in [-0.4, -0.2) is 4.57 Å². The van der Waals surface area contributed by atoms with E-state index in [0.717, 1.165) is 55.7 Å². The predicted octanol–water partition coefficient (Wildman–Crippen LogP) is 20.5. The lowest BCUT2D eigenvalue weighted by atomic mass is 9.65. The van der Waals surface area contributed by atoms with E-state index in [9.17, 15) is 0 Å². The van der Waals surface area contributed by atoms with Gasteiger partial charge in [-0.25, -0.2) is 0 Å². The molecule has 1 aliphatic heterocycles. The number of nitrogens with zero attached hydrogens (tertiary/aromatic N) is 2. The second-order valence-electron chi connectivity index (χ2n) is 23.0. The molecule has 3 nitrogen and oxygen atoms in total. The molecule has 0 radical (unpaired) electrons. The molecule has 2 aromatic heterocycles. The van der Waals surface area contributed by atoms with Crippen LogP contribution in [0.3, 0.4) is 0 Å². The van der Waals surface area contributed by atoms with Gasteiger partial charge < -0.3 is 13.9 Å². The normalized spacial score (nSPS) is 15.1. The molecule has 2 spiro atoms. The van der Waals surface area contributed by atoms with Gasteiger partial charge in [-0.3, -0.25) is 0 Å². The Morgan fingerprint density at radius 3 is 1.46 bits per heavy atom. The number of anilines is 3. The summed E-state index contributed by atoms with van der Waals surface area (Å²) in [4.78, 5) is 2.48. The highest BCUT2D eigenvalue weighted by Crippen LogP contribution is 2.65. The molecule has 1 unspecified atom stereocenters. The third-order valence-electron chi connectivity index (χ3n) is 19.2. The Kier molecular flexibility index (Phi) is 8.92. The maximum absolute atomic E-state index is 6.27. The first-order valence-corrected chi connectivity index (χ1v) is 28.9. The topological polar surface area (TPSA) is 21.3 Å². The Balaban J connectivity index is 0.812. The Hall–Kier alpha value is -10.7. The van der Waals surface area contributed by atoms with Gasteiger partial charge in [-0.1, -0.05) is 218 Å². The van der Waals surface area contributed by atoms with Gasteiger partial charge in [-0.2, -0.15) is 0 Å². The lowest BCUT2D eigenvalue weighted by molar-refractivity contribution is 0.669. The van der Waals surface area contributed by atoms with Gasteiger partial charge in [0.25, 0.3) is 0 Å². The number of fused-ring (bicyclic) bond motifs is 25. The summed E-state index contributed by atoms with van der Waals surface area (Å²) in [6, 6.07) is 109. The molecule has 0 bridgehead atoms. The van der Waals surface area contributed by atoms with Crippen molar-refractivity contribution in [1.29, 1.82) is 0 Å². The van der Waals surface area contributed by atoms with Crippen LogP contribution in [0.2, 0.25) is 0 Å². The van der Waals surface area contributed by atoms with Crippen molar-refractivity contribution in [2.75, 3.05) is 4.90 Å². The standard InChI is InChI=1S/C80H48N2O/c1-7-26-66-56(19-1)57-20-2-8-27-67(57)79(66)68-28-9-3-22-59(68)61-43-41-55(48-73(61)79)81(53-39-35-49(36-40-53)51-38-44-77-65(46-51)63-24-6-14-34-76(63)83-77)54-18-15-17-50(45-54)52-37-42-60-58-21-4-10-29-69(58)80(72(60)47-52)70-30-11-13-33-75(70)82-74-32-12-5-23-62(74)64-25-16-31-71(80)78(64)82/h1-48H. The van der Waals surface area contributed by atoms with Crippen LogP contribution >= 0.6 is 0 Å². The van der Waals surface area contributed by atoms with Crippen LogP contribution in [0.1, 0.15) is 44.5 Å². The summed E-state index contributed by atoms with van der Waals surface area (Å²) in [5.41, 5.74) is 30.7. The first-order chi connectivity index (χ1) is 41.2. The van der Waals surface area contributed by atoms with E-state index in [1.54, 1.807) is 0 Å². The van der Waals surface area contributed by atoms with Crippen LogP contribution in [0.25, 0.3) is 105 Å². The van der Waals surface area contributed by atoms with Crippen molar-refractivity contribution < 1.29 is 4.42 Å². The molecule has 3 aliphatic carbocycles. The number of hydrogen-bond donors (Lipinski definition) is 0. The van der Waals surface area contributed by atoms with E-state index < -0.39 is 10.8 Å². The molecule has 3 heteroatoms. The van der Waals surface area contributed by atoms with Crippen LogP contribution in [0, 0.1) is 0 Å². The van der Waals surface area contributed by atoms with Gasteiger partial charge in [0.2, 0.25) is 0 Å². The summed E-state index contributed by atoms with van der Waals surface area (Å²) in [5, 5.41) is 4.81. The fourth-order valence-corrected chi connectivity index (χ4v) is 15.9. The lowest BCUT2D eigenvalue weighted by Gasteiger charge is -2.39. The first kappa shape index (κ1) is 45.0. The van der Waals surface area contributed by atoms with Gasteiger partial charge in [-0.15, -0.1) is 0 Å². The molecular weight excluding hydrogens is 1000 g/mol. The minimum Gasteiger partial charge on any atom is -0.456 e. The van der Waals surface area contributed by atoms with Crippen LogP contribution in [0.5, 0.6) is 0 Å². The highest BCUT2D eigenvalue weighted by atomic mass is 16.3. The van der Waals surface area contributed by atoms with Crippen LogP contribution in [0.15, 0.2) is 296 Å². The number of furan rings is 1. The number of hydrogen-bond acceptors (Lipinski definition) is 2. The van der Waals surface area contributed by atoms with Crippen molar-refractivity contribution in [1.82, 2.24) is 4.57 Å². The fraction of sp³-hybridized carbons (Fsp3) is 0.0250. The van der Waals surface area contributed by atoms with Crippen molar-refractivity contribution >= 4 is 60.8 Å². The predicted molar refractivity (Wildman–Crippen MR) is 341 cm³/mol. The van der Waals surface area contributed by atoms with E-state index in [4.69, 9.17) is 4.42 Å². The third kappa shape index (κ3) is 5.78. The van der Waals surface area contributed by atoms with E-state index in [1.807, 2.05) is 12.1 Å². The van der Waals surface area contributed by atoms with Gasteiger partial charge in [0.15, 0.2) is 0 Å². The van der Waals surface area contributed by atoms with E-state index >= 15 is 0 Å². The van der Waals surface area contributed by atoms with Gasteiger partial charge in [-0.05, 0) is 173 Å². The zero-order chi connectivity index (χ0) is 54.1. The molecule has 0 amide bonds. The van der Waals surface area contributed by atoms with E-state index in [-0.39, 0.29) is 0 Å². The second kappa shape index (κ2) is 16.4. The summed E-state index contributed by atoms with van der Waals surface area (Å²) < 4.78 is 8.79. The quantitative estimate of drug-likeness (QED) is 0.171. The molecule has 19 rings (SSSR count). The fourth-order valence-electron chi connectivity index (χ4n) is 15.9. The molecular formula is C80H48N2O. The Morgan fingerprint density at radius 2 is 0.735 bits per heavy atom. The van der Waals surface area contributed by atoms with Crippen LogP contribution in [0.4, 0.5) is 17.1 Å². The molecule has 0 saturated carbocycles. The van der Waals surface area contributed by atoms with Crippen molar-refractivity contribution in [3.63, 3.8) is 0 Å². The maximum Gasteiger partial charge on any atom is 0.135 e. The largest absolute Gasteiger partial charge is 0.456 e.